The van der Waals surface area contributed by atoms with Crippen molar-refractivity contribution in [1.29, 1.82) is 0 Å². The van der Waals surface area contributed by atoms with Gasteiger partial charge in [-0.1, -0.05) is 29.8 Å². The van der Waals surface area contributed by atoms with E-state index in [0.29, 0.717) is 22.5 Å². The number of benzene rings is 3. The molecule has 0 saturated heterocycles. The molecule has 2 amide bonds. The summed E-state index contributed by atoms with van der Waals surface area (Å²) in [6.07, 6.45) is 0. The van der Waals surface area contributed by atoms with Gasteiger partial charge in [-0.05, 0) is 74.4 Å². The molecular weight excluding hydrogens is 498 g/mol. The van der Waals surface area contributed by atoms with Crippen LogP contribution >= 0.6 is 11.6 Å². The van der Waals surface area contributed by atoms with Gasteiger partial charge in [-0.2, -0.15) is 0 Å². The quantitative estimate of drug-likeness (QED) is 0.228. The van der Waals surface area contributed by atoms with Crippen molar-refractivity contribution in [2.45, 2.75) is 27.3 Å². The monoisotopic (exact) mass is 518 g/mol. The molecule has 1 aliphatic heterocycles. The topological polar surface area (TPSA) is 59.4 Å². The summed E-state index contributed by atoms with van der Waals surface area (Å²) in [7, 11) is 0. The fraction of sp³-hybridized carbons (Fsp3) is 0.138. The maximum Gasteiger partial charge on any atom is 0.261 e. The molecule has 0 bridgehead atoms. The molecule has 0 aliphatic carbocycles. The maximum absolute atomic E-state index is 14.6. The first-order chi connectivity index (χ1) is 17.6. The lowest BCUT2D eigenvalue weighted by atomic mass is 10.00. The van der Waals surface area contributed by atoms with Crippen LogP contribution in [0.25, 0.3) is 5.69 Å². The third-order valence-corrected chi connectivity index (χ3v) is 7.20. The first kappa shape index (κ1) is 24.6. The fourth-order valence-corrected chi connectivity index (χ4v) is 4.98. The summed E-state index contributed by atoms with van der Waals surface area (Å²) in [5, 5.41) is 0.212. The van der Waals surface area contributed by atoms with Crippen LogP contribution in [0.15, 0.2) is 60.7 Å². The molecule has 1 aliphatic rings. The van der Waals surface area contributed by atoms with Crippen LogP contribution < -0.4 is 0 Å². The molecule has 0 N–H and O–H groups in total. The normalized spacial score (nSPS) is 12.9. The minimum absolute atomic E-state index is 0.0155. The third-order valence-electron chi connectivity index (χ3n) is 6.96. The van der Waals surface area contributed by atoms with Crippen molar-refractivity contribution in [3.05, 3.63) is 122 Å². The molecule has 0 spiro atoms. The van der Waals surface area contributed by atoms with Crippen molar-refractivity contribution in [2.75, 3.05) is 0 Å². The minimum atomic E-state index is -0.987. The average Bonchev–Trinajstić information content (AvgIpc) is 3.24. The zero-order valence-corrected chi connectivity index (χ0v) is 21.0. The van der Waals surface area contributed by atoms with Crippen LogP contribution in [-0.4, -0.2) is 27.1 Å². The standard InChI is InChI=1S/C29H21ClF2N2O3/c1-15-16(2)25(14-33-28(36)19-7-4-5-8-20(19)29(33)37)34(17(15)3)24-12-11-18(30)13-21(24)27(35)26-22(31)9-6-10-23(26)32/h4-13H,14H2,1-3H3. The smallest absolute Gasteiger partial charge is 0.261 e. The van der Waals surface area contributed by atoms with E-state index >= 15 is 0 Å². The molecule has 5 nitrogen and oxygen atoms in total. The second-order valence-corrected chi connectivity index (χ2v) is 9.38. The second-order valence-electron chi connectivity index (χ2n) is 8.95. The summed E-state index contributed by atoms with van der Waals surface area (Å²) in [6.45, 7) is 5.53. The first-order valence-electron chi connectivity index (χ1n) is 11.5. The number of carbonyl (C=O) groups is 3. The van der Waals surface area contributed by atoms with E-state index < -0.39 is 34.8 Å². The van der Waals surface area contributed by atoms with Crippen LogP contribution in [0.2, 0.25) is 5.02 Å². The van der Waals surface area contributed by atoms with Gasteiger partial charge in [-0.15, -0.1) is 0 Å². The fourth-order valence-electron chi connectivity index (χ4n) is 4.81. The highest BCUT2D eigenvalue weighted by atomic mass is 35.5. The number of rotatable bonds is 5. The lowest BCUT2D eigenvalue weighted by Crippen LogP contribution is -2.30. The Morgan fingerprint density at radius 2 is 1.43 bits per heavy atom. The number of aromatic nitrogens is 1. The Morgan fingerprint density at radius 1 is 0.838 bits per heavy atom. The highest BCUT2D eigenvalue weighted by Crippen LogP contribution is 2.33. The van der Waals surface area contributed by atoms with E-state index in [1.54, 1.807) is 41.0 Å². The van der Waals surface area contributed by atoms with E-state index in [-0.39, 0.29) is 17.1 Å². The van der Waals surface area contributed by atoms with E-state index in [2.05, 4.69) is 0 Å². The largest absolute Gasteiger partial charge is 0.315 e. The lowest BCUT2D eigenvalue weighted by Gasteiger charge is -2.20. The molecule has 8 heteroatoms. The number of halogens is 3. The number of hydrogen-bond donors (Lipinski definition) is 0. The zero-order valence-electron chi connectivity index (χ0n) is 20.2. The molecule has 186 valence electrons. The number of carbonyl (C=O) groups excluding carboxylic acids is 3. The molecule has 3 aromatic carbocycles. The van der Waals surface area contributed by atoms with Gasteiger partial charge in [0.1, 0.15) is 11.6 Å². The van der Waals surface area contributed by atoms with Crippen molar-refractivity contribution in [3.63, 3.8) is 0 Å². The van der Waals surface area contributed by atoms with Crippen LogP contribution in [0.1, 0.15) is 59.2 Å². The number of hydrogen-bond acceptors (Lipinski definition) is 3. The highest BCUT2D eigenvalue weighted by molar-refractivity contribution is 6.31. The molecule has 2 heterocycles. The number of ketones is 1. The number of nitrogens with zero attached hydrogens (tertiary/aromatic N) is 2. The molecule has 4 aromatic rings. The van der Waals surface area contributed by atoms with Gasteiger partial charge in [-0.3, -0.25) is 19.3 Å². The van der Waals surface area contributed by atoms with E-state index in [1.165, 1.54) is 12.1 Å². The predicted molar refractivity (Wildman–Crippen MR) is 135 cm³/mol. The predicted octanol–water partition coefficient (Wildman–Crippen LogP) is 6.36. The van der Waals surface area contributed by atoms with Crippen LogP contribution in [0.5, 0.6) is 0 Å². The molecule has 0 radical (unpaired) electrons. The molecule has 0 fully saturated rings. The number of amides is 2. The van der Waals surface area contributed by atoms with Gasteiger partial charge < -0.3 is 4.57 Å². The van der Waals surface area contributed by atoms with Gasteiger partial charge in [0.2, 0.25) is 5.78 Å². The minimum Gasteiger partial charge on any atom is -0.315 e. The van der Waals surface area contributed by atoms with Gasteiger partial charge in [-0.25, -0.2) is 8.78 Å². The first-order valence-corrected chi connectivity index (χ1v) is 11.9. The van der Waals surface area contributed by atoms with Crippen LogP contribution in [0.3, 0.4) is 0 Å². The SMILES string of the molecule is Cc1c(C)c(CN2C(=O)c3ccccc3C2=O)n(-c2ccc(Cl)cc2C(=O)c2c(F)cccc2F)c1C. The Balaban J connectivity index is 1.67. The third kappa shape index (κ3) is 3.86. The van der Waals surface area contributed by atoms with Crippen molar-refractivity contribution in [2.24, 2.45) is 0 Å². The number of fused-ring (bicyclic) bond motifs is 1. The Labute approximate surface area is 216 Å². The van der Waals surface area contributed by atoms with E-state index in [0.717, 1.165) is 33.9 Å². The van der Waals surface area contributed by atoms with Crippen molar-refractivity contribution >= 4 is 29.2 Å². The summed E-state index contributed by atoms with van der Waals surface area (Å²) in [6, 6.07) is 14.4. The van der Waals surface area contributed by atoms with Crippen molar-refractivity contribution < 1.29 is 23.2 Å². The second kappa shape index (κ2) is 9.09. The Morgan fingerprint density at radius 3 is 2.03 bits per heavy atom. The summed E-state index contributed by atoms with van der Waals surface area (Å²) in [5.74, 6) is -3.67. The summed E-state index contributed by atoms with van der Waals surface area (Å²) in [4.78, 5) is 40.8. The summed E-state index contributed by atoms with van der Waals surface area (Å²) in [5.41, 5.74) is 3.32. The molecular formula is C29H21ClF2N2O3. The van der Waals surface area contributed by atoms with Crippen LogP contribution in [0, 0.1) is 32.4 Å². The Bertz CT molecular complexity index is 1590. The molecule has 0 unspecified atom stereocenters. The summed E-state index contributed by atoms with van der Waals surface area (Å²) >= 11 is 6.21. The highest BCUT2D eigenvalue weighted by Gasteiger charge is 2.36. The molecule has 0 saturated carbocycles. The van der Waals surface area contributed by atoms with Crippen molar-refractivity contribution in [3.8, 4) is 5.69 Å². The number of imide groups is 1. The summed E-state index contributed by atoms with van der Waals surface area (Å²) < 4.78 is 30.9. The Kier molecular flexibility index (Phi) is 6.04. The molecule has 0 atom stereocenters. The van der Waals surface area contributed by atoms with Crippen LogP contribution in [-0.2, 0) is 6.54 Å². The molecule has 1 aromatic heterocycles. The molecule has 5 rings (SSSR count). The van der Waals surface area contributed by atoms with E-state index in [1.807, 2.05) is 20.8 Å². The van der Waals surface area contributed by atoms with Gasteiger partial charge in [0.05, 0.1) is 28.9 Å². The van der Waals surface area contributed by atoms with Gasteiger partial charge >= 0.3 is 0 Å². The average molecular weight is 519 g/mol. The van der Waals surface area contributed by atoms with Gasteiger partial charge in [0.15, 0.2) is 0 Å². The zero-order chi connectivity index (χ0) is 26.6. The van der Waals surface area contributed by atoms with Gasteiger partial charge in [0, 0.05) is 22.0 Å². The maximum atomic E-state index is 14.6. The van der Waals surface area contributed by atoms with Crippen LogP contribution in [0.4, 0.5) is 8.78 Å². The van der Waals surface area contributed by atoms with E-state index in [4.69, 9.17) is 11.6 Å². The van der Waals surface area contributed by atoms with Crippen molar-refractivity contribution in [1.82, 2.24) is 9.47 Å². The molecule has 37 heavy (non-hydrogen) atoms. The van der Waals surface area contributed by atoms with Gasteiger partial charge in [0.25, 0.3) is 11.8 Å². The van der Waals surface area contributed by atoms with E-state index in [9.17, 15) is 23.2 Å². The Hall–Kier alpha value is -4.10. The lowest BCUT2D eigenvalue weighted by molar-refractivity contribution is 0.0639.